The molecule has 244 valence electrons. The van der Waals surface area contributed by atoms with Gasteiger partial charge in [0, 0.05) is 30.3 Å². The Balaban J connectivity index is 1.18. The Labute approximate surface area is 276 Å². The molecule has 2 amide bonds. The van der Waals surface area contributed by atoms with Gasteiger partial charge in [-0.3, -0.25) is 19.7 Å². The fraction of sp³-hybridized carbons (Fsp3) is 0.333. The number of hydrogen-bond donors (Lipinski definition) is 1. The molecule has 0 bridgehead atoms. The molecule has 1 saturated heterocycles. The molecule has 47 heavy (non-hydrogen) atoms. The highest BCUT2D eigenvalue weighted by Crippen LogP contribution is 2.39. The SMILES string of the molecule is CCOC(SCC)[C@@H]1CCCN1C(=O)c1cc(OC)c(OCCC(=O)Nc2ccc3ccc4cccc5ccc2c3c45)cc1[N+](=O)[O-]. The summed E-state index contributed by atoms with van der Waals surface area (Å²) in [7, 11) is 1.41. The summed E-state index contributed by atoms with van der Waals surface area (Å²) in [4.78, 5) is 40.1. The Kier molecular flexibility index (Phi) is 9.65. The van der Waals surface area contributed by atoms with Gasteiger partial charge in [0.2, 0.25) is 5.91 Å². The average molecular weight is 656 g/mol. The van der Waals surface area contributed by atoms with Crippen molar-refractivity contribution in [2.24, 2.45) is 0 Å². The second-order valence-electron chi connectivity index (χ2n) is 11.4. The summed E-state index contributed by atoms with van der Waals surface area (Å²) >= 11 is 1.62. The molecule has 0 saturated carbocycles. The maximum absolute atomic E-state index is 13.8. The molecule has 10 nitrogen and oxygen atoms in total. The number of nitrogens with zero attached hydrogens (tertiary/aromatic N) is 2. The number of hydrogen-bond acceptors (Lipinski definition) is 8. The number of thioether (sulfide) groups is 1. The first kappa shape index (κ1) is 32.3. The summed E-state index contributed by atoms with van der Waals surface area (Å²) in [6.45, 7) is 4.87. The van der Waals surface area contributed by atoms with Crippen LogP contribution in [0.4, 0.5) is 11.4 Å². The van der Waals surface area contributed by atoms with Crippen molar-refractivity contribution in [2.75, 3.05) is 37.9 Å². The highest BCUT2D eigenvalue weighted by molar-refractivity contribution is 7.99. The maximum atomic E-state index is 13.8. The number of carbonyl (C=O) groups is 2. The van der Waals surface area contributed by atoms with Crippen LogP contribution < -0.4 is 14.8 Å². The number of likely N-dealkylation sites (tertiary alicyclic amines) is 1. The molecule has 2 atom stereocenters. The lowest BCUT2D eigenvalue weighted by Gasteiger charge is -2.31. The molecule has 5 aromatic rings. The number of nitro groups is 1. The number of methoxy groups -OCH3 is 1. The first-order chi connectivity index (χ1) is 22.8. The van der Waals surface area contributed by atoms with Gasteiger partial charge in [-0.05, 0) is 58.5 Å². The quantitative estimate of drug-likeness (QED) is 0.0595. The molecule has 0 radical (unpaired) electrons. The van der Waals surface area contributed by atoms with Crippen LogP contribution in [0.1, 0.15) is 43.5 Å². The van der Waals surface area contributed by atoms with Crippen LogP contribution in [0.5, 0.6) is 11.5 Å². The molecule has 5 aromatic carbocycles. The van der Waals surface area contributed by atoms with Gasteiger partial charge in [0.1, 0.15) is 11.0 Å². The number of benzene rings is 5. The minimum absolute atomic E-state index is 0.0109. The third kappa shape index (κ3) is 6.37. The van der Waals surface area contributed by atoms with Crippen molar-refractivity contribution in [2.45, 2.75) is 44.6 Å². The molecule has 0 aromatic heterocycles. The summed E-state index contributed by atoms with van der Waals surface area (Å²) in [5.41, 5.74) is 0.0220. The Hall–Kier alpha value is -4.61. The number of amides is 2. The van der Waals surface area contributed by atoms with Crippen molar-refractivity contribution in [1.29, 1.82) is 0 Å². The van der Waals surface area contributed by atoms with Gasteiger partial charge in [0.15, 0.2) is 11.5 Å². The van der Waals surface area contributed by atoms with Gasteiger partial charge < -0.3 is 24.4 Å². The van der Waals surface area contributed by atoms with Crippen LogP contribution in [0.2, 0.25) is 0 Å². The molecule has 1 heterocycles. The van der Waals surface area contributed by atoms with Crippen LogP contribution in [0, 0.1) is 10.1 Å². The normalized spacial score (nSPS) is 15.4. The van der Waals surface area contributed by atoms with Crippen LogP contribution in [-0.2, 0) is 9.53 Å². The minimum atomic E-state index is -0.591. The van der Waals surface area contributed by atoms with Crippen molar-refractivity contribution < 1.29 is 28.7 Å². The average Bonchev–Trinajstić information content (AvgIpc) is 3.57. The van der Waals surface area contributed by atoms with E-state index in [1.165, 1.54) is 19.2 Å². The summed E-state index contributed by atoms with van der Waals surface area (Å²) in [6, 6.07) is 20.7. The van der Waals surface area contributed by atoms with Gasteiger partial charge in [-0.1, -0.05) is 55.5 Å². The zero-order valence-corrected chi connectivity index (χ0v) is 27.4. The van der Waals surface area contributed by atoms with E-state index in [-0.39, 0.29) is 53.2 Å². The Morgan fingerprint density at radius 1 is 1.02 bits per heavy atom. The molecule has 0 spiro atoms. The van der Waals surface area contributed by atoms with Crippen molar-refractivity contribution >= 4 is 67.3 Å². The Morgan fingerprint density at radius 3 is 2.45 bits per heavy atom. The Morgan fingerprint density at radius 2 is 1.74 bits per heavy atom. The van der Waals surface area contributed by atoms with Crippen molar-refractivity contribution in [3.63, 3.8) is 0 Å². The van der Waals surface area contributed by atoms with Crippen LogP contribution in [-0.4, -0.2) is 65.7 Å². The maximum Gasteiger partial charge on any atom is 0.286 e. The highest BCUT2D eigenvalue weighted by atomic mass is 32.2. The van der Waals surface area contributed by atoms with Gasteiger partial charge in [0.05, 0.1) is 37.2 Å². The fourth-order valence-electron chi connectivity index (χ4n) is 6.54. The van der Waals surface area contributed by atoms with E-state index >= 15 is 0 Å². The van der Waals surface area contributed by atoms with Gasteiger partial charge in [-0.15, -0.1) is 11.8 Å². The summed E-state index contributed by atoms with van der Waals surface area (Å²) in [5, 5.41) is 21.8. The van der Waals surface area contributed by atoms with E-state index in [4.69, 9.17) is 14.2 Å². The molecule has 6 rings (SSSR count). The van der Waals surface area contributed by atoms with Gasteiger partial charge in [-0.25, -0.2) is 0 Å². The van der Waals surface area contributed by atoms with Crippen LogP contribution in [0.15, 0.2) is 66.7 Å². The standard InChI is InChI=1S/C36H37N3O7S/c1-4-45-36(47-5-2)28-10-7-18-38(28)35(41)26-20-30(44-3)31(21-29(26)39(42)43)46-19-17-32(40)37-27-16-14-24-12-11-22-8-6-9-23-13-15-25(27)34(24)33(22)23/h6,8-9,11-16,20-21,28,36H,4-5,7,10,17-19H2,1-3H3,(H,37,40)/t28-,36?/m0/s1. The summed E-state index contributed by atoms with van der Waals surface area (Å²) in [6.07, 6.45) is 1.53. The molecular weight excluding hydrogens is 618 g/mol. The number of nitro benzene ring substituents is 1. The van der Waals surface area contributed by atoms with E-state index in [9.17, 15) is 19.7 Å². The number of anilines is 1. The van der Waals surface area contributed by atoms with E-state index in [0.717, 1.165) is 50.9 Å². The topological polar surface area (TPSA) is 120 Å². The van der Waals surface area contributed by atoms with E-state index in [1.807, 2.05) is 38.1 Å². The minimum Gasteiger partial charge on any atom is -0.493 e. The summed E-state index contributed by atoms with van der Waals surface area (Å²) < 4.78 is 17.3. The van der Waals surface area contributed by atoms with E-state index in [1.54, 1.807) is 16.7 Å². The summed E-state index contributed by atoms with van der Waals surface area (Å²) in [5.74, 6) is 0.358. The van der Waals surface area contributed by atoms with Gasteiger partial charge >= 0.3 is 0 Å². The molecule has 1 unspecified atom stereocenters. The van der Waals surface area contributed by atoms with Crippen LogP contribution in [0.3, 0.4) is 0 Å². The highest BCUT2D eigenvalue weighted by Gasteiger charge is 2.38. The predicted molar refractivity (Wildman–Crippen MR) is 186 cm³/mol. The zero-order valence-electron chi connectivity index (χ0n) is 26.6. The molecule has 1 N–H and O–H groups in total. The largest absolute Gasteiger partial charge is 0.493 e. The van der Waals surface area contributed by atoms with Crippen LogP contribution in [0.25, 0.3) is 32.3 Å². The smallest absolute Gasteiger partial charge is 0.286 e. The van der Waals surface area contributed by atoms with E-state index < -0.39 is 10.8 Å². The third-order valence-corrected chi connectivity index (χ3v) is 9.75. The Bertz CT molecular complexity index is 1930. The van der Waals surface area contributed by atoms with E-state index in [2.05, 4.69) is 35.6 Å². The van der Waals surface area contributed by atoms with Crippen molar-refractivity contribution in [3.8, 4) is 11.5 Å². The molecule has 1 aliphatic heterocycles. The first-order valence-electron chi connectivity index (χ1n) is 15.8. The lowest BCUT2D eigenvalue weighted by Crippen LogP contribution is -2.43. The molecular formula is C36H37N3O7S. The van der Waals surface area contributed by atoms with Gasteiger partial charge in [0.25, 0.3) is 11.6 Å². The molecule has 11 heteroatoms. The lowest BCUT2D eigenvalue weighted by molar-refractivity contribution is -0.385. The number of nitrogens with one attached hydrogen (secondary N) is 1. The third-order valence-electron chi connectivity index (χ3n) is 8.63. The molecule has 1 aliphatic rings. The predicted octanol–water partition coefficient (Wildman–Crippen LogP) is 7.63. The monoisotopic (exact) mass is 655 g/mol. The second kappa shape index (κ2) is 14.0. The van der Waals surface area contributed by atoms with Crippen LogP contribution >= 0.6 is 11.8 Å². The van der Waals surface area contributed by atoms with Crippen molar-refractivity contribution in [1.82, 2.24) is 4.90 Å². The zero-order chi connectivity index (χ0) is 33.1. The number of ether oxygens (including phenoxy) is 3. The van der Waals surface area contributed by atoms with Crippen molar-refractivity contribution in [3.05, 3.63) is 82.4 Å². The number of carbonyl (C=O) groups excluding carboxylic acids is 2. The fourth-order valence-corrected chi connectivity index (χ4v) is 7.60. The van der Waals surface area contributed by atoms with E-state index in [0.29, 0.717) is 18.8 Å². The first-order valence-corrected chi connectivity index (χ1v) is 16.9. The number of rotatable bonds is 13. The van der Waals surface area contributed by atoms with Gasteiger partial charge in [-0.2, -0.15) is 0 Å². The molecule has 1 fully saturated rings. The second-order valence-corrected chi connectivity index (χ2v) is 12.8. The molecule has 0 aliphatic carbocycles. The lowest BCUT2D eigenvalue weighted by atomic mass is 9.93.